The van der Waals surface area contributed by atoms with Gasteiger partial charge in [-0.15, -0.1) is 11.6 Å². The average Bonchev–Trinajstić information content (AvgIpc) is 2.56. The summed E-state index contributed by atoms with van der Waals surface area (Å²) in [5, 5.41) is 4.68. The molecule has 0 N–H and O–H groups in total. The van der Waals surface area contributed by atoms with E-state index >= 15 is 0 Å². The van der Waals surface area contributed by atoms with Crippen LogP contribution in [-0.4, -0.2) is 42.7 Å². The van der Waals surface area contributed by atoms with E-state index in [2.05, 4.69) is 5.10 Å². The number of rotatable bonds is 7. The summed E-state index contributed by atoms with van der Waals surface area (Å²) in [7, 11) is 0. The van der Waals surface area contributed by atoms with E-state index in [-0.39, 0.29) is 13.2 Å². The van der Waals surface area contributed by atoms with Gasteiger partial charge in [0.2, 0.25) is 11.5 Å². The quantitative estimate of drug-likeness (QED) is 0.247. The summed E-state index contributed by atoms with van der Waals surface area (Å²) in [4.78, 5) is 36.0. The van der Waals surface area contributed by atoms with Gasteiger partial charge >= 0.3 is 12.1 Å². The van der Waals surface area contributed by atoms with Gasteiger partial charge in [-0.3, -0.25) is 4.79 Å². The topological polar surface area (TPSA) is 85.3 Å². The van der Waals surface area contributed by atoms with Crippen LogP contribution in [-0.2, 0) is 19.1 Å². The molecule has 0 spiro atoms. The Morgan fingerprint density at radius 3 is 2.17 bits per heavy atom. The Hall–Kier alpha value is -2.41. The van der Waals surface area contributed by atoms with E-state index in [1.54, 1.807) is 38.1 Å². The zero-order valence-electron chi connectivity index (χ0n) is 13.7. The molecule has 0 aliphatic carbocycles. The molecule has 1 aromatic carbocycles. The maximum absolute atomic E-state index is 12.2. The first-order chi connectivity index (χ1) is 11.4. The number of carbonyl (C=O) groups excluding carboxylic acids is 3. The van der Waals surface area contributed by atoms with E-state index in [4.69, 9.17) is 21.1 Å². The van der Waals surface area contributed by atoms with Gasteiger partial charge in [0.1, 0.15) is 0 Å². The molecule has 1 rings (SSSR count). The highest BCUT2D eigenvalue weighted by Gasteiger charge is 2.26. The minimum absolute atomic E-state index is 0.0529. The number of Topliss-reactive ketones (excluding diaryl/α,β-unsaturated/α-hetero) is 1. The molecular formula is C16H19ClN2O5. The second-order valence-corrected chi connectivity index (χ2v) is 4.84. The van der Waals surface area contributed by atoms with E-state index in [0.717, 1.165) is 10.6 Å². The highest BCUT2D eigenvalue weighted by Crippen LogP contribution is 2.17. The lowest BCUT2D eigenvalue weighted by molar-refractivity contribution is -0.135. The molecule has 130 valence electrons. The molecule has 1 amide bonds. The third-order valence-corrected chi connectivity index (χ3v) is 3.02. The van der Waals surface area contributed by atoms with Crippen LogP contribution in [0.4, 0.5) is 10.5 Å². The summed E-state index contributed by atoms with van der Waals surface area (Å²) >= 11 is 5.51. The van der Waals surface area contributed by atoms with Crippen molar-refractivity contribution in [2.75, 3.05) is 24.1 Å². The predicted octanol–water partition coefficient (Wildman–Crippen LogP) is 2.68. The molecule has 0 aliphatic rings. The Labute approximate surface area is 145 Å². The number of halogens is 1. The third-order valence-electron chi connectivity index (χ3n) is 2.77. The summed E-state index contributed by atoms with van der Waals surface area (Å²) < 4.78 is 9.72. The lowest BCUT2D eigenvalue weighted by Gasteiger charge is -2.17. The fourth-order valence-corrected chi connectivity index (χ4v) is 1.77. The molecule has 0 saturated carbocycles. The first-order valence-electron chi connectivity index (χ1n) is 7.33. The van der Waals surface area contributed by atoms with Crippen LogP contribution in [0.5, 0.6) is 0 Å². The lowest BCUT2D eigenvalue weighted by atomic mass is 10.2. The lowest BCUT2D eigenvalue weighted by Crippen LogP contribution is -2.34. The molecule has 7 nitrogen and oxygen atoms in total. The van der Waals surface area contributed by atoms with Gasteiger partial charge in [0.25, 0.3) is 0 Å². The number of hydrazone groups is 1. The molecule has 8 heteroatoms. The SMILES string of the molecule is CCOC(=O)/C(=N\N(C(=O)OCC)c1ccc(C)cc1)C(=O)CCl. The van der Waals surface area contributed by atoms with Crippen molar-refractivity contribution in [3.8, 4) is 0 Å². The van der Waals surface area contributed by atoms with Gasteiger partial charge in [0, 0.05) is 0 Å². The Bertz CT molecular complexity index is 628. The van der Waals surface area contributed by atoms with Crippen molar-refractivity contribution < 1.29 is 23.9 Å². The summed E-state index contributed by atoms with van der Waals surface area (Å²) in [6.07, 6.45) is -0.828. The number of ketones is 1. The molecule has 0 atom stereocenters. The second kappa shape index (κ2) is 9.67. The van der Waals surface area contributed by atoms with Crippen molar-refractivity contribution in [2.24, 2.45) is 5.10 Å². The van der Waals surface area contributed by atoms with Crippen molar-refractivity contribution in [1.29, 1.82) is 0 Å². The van der Waals surface area contributed by atoms with Gasteiger partial charge < -0.3 is 9.47 Å². The fourth-order valence-electron chi connectivity index (χ4n) is 1.65. The number of alkyl halides is 1. The van der Waals surface area contributed by atoms with Gasteiger partial charge in [-0.2, -0.15) is 10.1 Å². The molecule has 0 aliphatic heterocycles. The highest BCUT2D eigenvalue weighted by molar-refractivity contribution is 6.67. The maximum atomic E-state index is 12.2. The minimum atomic E-state index is -0.954. The van der Waals surface area contributed by atoms with Gasteiger partial charge in [-0.1, -0.05) is 17.7 Å². The summed E-state index contributed by atoms with van der Waals surface area (Å²) in [6, 6.07) is 6.74. The number of amides is 1. The maximum Gasteiger partial charge on any atom is 0.435 e. The highest BCUT2D eigenvalue weighted by atomic mass is 35.5. The van der Waals surface area contributed by atoms with Crippen LogP contribution < -0.4 is 5.01 Å². The fraction of sp³-hybridized carbons (Fsp3) is 0.375. The number of benzene rings is 1. The van der Waals surface area contributed by atoms with Crippen molar-refractivity contribution >= 4 is 40.8 Å². The standard InChI is InChI=1S/C16H19ClN2O5/c1-4-23-15(21)14(13(20)10-17)18-19(16(22)24-5-2)12-8-6-11(3)7-9-12/h6-9H,4-5,10H2,1-3H3/b18-14-. The minimum Gasteiger partial charge on any atom is -0.461 e. The Morgan fingerprint density at radius 2 is 1.67 bits per heavy atom. The normalized spacial score (nSPS) is 10.9. The van der Waals surface area contributed by atoms with Crippen molar-refractivity contribution in [2.45, 2.75) is 20.8 Å². The Morgan fingerprint density at radius 1 is 1.08 bits per heavy atom. The predicted molar refractivity (Wildman–Crippen MR) is 90.5 cm³/mol. The van der Waals surface area contributed by atoms with Crippen LogP contribution in [0, 0.1) is 6.92 Å². The van der Waals surface area contributed by atoms with Crippen molar-refractivity contribution in [3.63, 3.8) is 0 Å². The van der Waals surface area contributed by atoms with Gasteiger partial charge in [-0.25, -0.2) is 9.59 Å². The molecular weight excluding hydrogens is 336 g/mol. The first kappa shape index (κ1) is 19.6. The largest absolute Gasteiger partial charge is 0.461 e. The van der Waals surface area contributed by atoms with Crippen LogP contribution in [0.2, 0.25) is 0 Å². The van der Waals surface area contributed by atoms with E-state index in [1.807, 2.05) is 6.92 Å². The van der Waals surface area contributed by atoms with Crippen LogP contribution >= 0.6 is 11.6 Å². The molecule has 0 saturated heterocycles. The summed E-state index contributed by atoms with van der Waals surface area (Å²) in [5.41, 5.74) is 0.734. The molecule has 0 unspecified atom stereocenters. The number of aryl methyl sites for hydroxylation is 1. The Balaban J connectivity index is 3.33. The van der Waals surface area contributed by atoms with E-state index in [1.165, 1.54) is 0 Å². The van der Waals surface area contributed by atoms with Gasteiger partial charge in [0.05, 0.1) is 24.8 Å². The number of hydrogen-bond acceptors (Lipinski definition) is 6. The van der Waals surface area contributed by atoms with E-state index < -0.39 is 29.4 Å². The second-order valence-electron chi connectivity index (χ2n) is 4.57. The zero-order chi connectivity index (χ0) is 18.1. The first-order valence-corrected chi connectivity index (χ1v) is 7.86. The molecule has 24 heavy (non-hydrogen) atoms. The van der Waals surface area contributed by atoms with Crippen molar-refractivity contribution in [3.05, 3.63) is 29.8 Å². The van der Waals surface area contributed by atoms with Gasteiger partial charge in [0.15, 0.2) is 0 Å². The van der Waals surface area contributed by atoms with Crippen LogP contribution in [0.1, 0.15) is 19.4 Å². The summed E-state index contributed by atoms with van der Waals surface area (Å²) in [6.45, 7) is 5.25. The number of anilines is 1. The number of ether oxygens (including phenoxy) is 2. The molecule has 0 fully saturated rings. The Kier molecular flexibility index (Phi) is 7.91. The van der Waals surface area contributed by atoms with Crippen LogP contribution in [0.3, 0.4) is 0 Å². The molecule has 0 aromatic heterocycles. The van der Waals surface area contributed by atoms with E-state index in [0.29, 0.717) is 5.69 Å². The van der Waals surface area contributed by atoms with Gasteiger partial charge in [-0.05, 0) is 32.9 Å². The van der Waals surface area contributed by atoms with E-state index in [9.17, 15) is 14.4 Å². The monoisotopic (exact) mass is 354 g/mol. The third kappa shape index (κ3) is 5.34. The van der Waals surface area contributed by atoms with Crippen LogP contribution in [0.25, 0.3) is 0 Å². The van der Waals surface area contributed by atoms with Crippen LogP contribution in [0.15, 0.2) is 29.4 Å². The molecule has 1 aromatic rings. The average molecular weight is 355 g/mol. The molecule has 0 heterocycles. The molecule has 0 bridgehead atoms. The summed E-state index contributed by atoms with van der Waals surface area (Å²) in [5.74, 6) is -2.18. The number of hydrogen-bond donors (Lipinski definition) is 0. The molecule has 0 radical (unpaired) electrons. The number of nitrogens with zero attached hydrogens (tertiary/aromatic N) is 2. The number of esters is 1. The number of carbonyl (C=O) groups is 3. The zero-order valence-corrected chi connectivity index (χ0v) is 14.5. The smallest absolute Gasteiger partial charge is 0.435 e. The van der Waals surface area contributed by atoms with Crippen molar-refractivity contribution in [1.82, 2.24) is 0 Å².